The van der Waals surface area contributed by atoms with Crippen LogP contribution in [0.15, 0.2) is 46.7 Å². The number of carbonyl (C=O) groups is 1. The average Bonchev–Trinajstić information content (AvgIpc) is 3.19. The molecule has 0 radical (unpaired) electrons. The number of amides is 1. The summed E-state index contributed by atoms with van der Waals surface area (Å²) in [5.41, 5.74) is 2.83. The molecule has 0 unspecified atom stereocenters. The number of aromatic nitrogens is 2. The molecule has 0 aromatic carbocycles. The van der Waals surface area contributed by atoms with E-state index in [1.807, 2.05) is 28.3 Å². The van der Waals surface area contributed by atoms with Gasteiger partial charge in [0.25, 0.3) is 0 Å². The van der Waals surface area contributed by atoms with E-state index in [1.165, 1.54) is 6.26 Å². The highest BCUT2D eigenvalue weighted by molar-refractivity contribution is 7.13. The molecule has 6 nitrogen and oxygen atoms in total. The summed E-state index contributed by atoms with van der Waals surface area (Å²) < 4.78 is 7.14. The number of furan rings is 1. The summed E-state index contributed by atoms with van der Waals surface area (Å²) in [5, 5.41) is 2.00. The smallest absolute Gasteiger partial charge is 0.301 e. The third-order valence-corrected chi connectivity index (χ3v) is 3.75. The van der Waals surface area contributed by atoms with E-state index >= 15 is 0 Å². The molecule has 0 saturated carbocycles. The van der Waals surface area contributed by atoms with Crippen molar-refractivity contribution in [2.75, 3.05) is 0 Å². The molecular weight excluding hydrogens is 276 g/mol. The normalized spacial score (nSPS) is 10.7. The molecule has 0 aliphatic heterocycles. The van der Waals surface area contributed by atoms with E-state index in [9.17, 15) is 4.79 Å². The fourth-order valence-corrected chi connectivity index (χ4v) is 2.71. The SMILES string of the molecule is NNC(=O)c1occc1Cn1ccnc1-c1cccs1. The molecule has 0 fully saturated rings. The van der Waals surface area contributed by atoms with Crippen molar-refractivity contribution >= 4 is 17.2 Å². The van der Waals surface area contributed by atoms with Gasteiger partial charge in [-0.25, -0.2) is 10.8 Å². The summed E-state index contributed by atoms with van der Waals surface area (Å²) >= 11 is 1.62. The van der Waals surface area contributed by atoms with Gasteiger partial charge in [0.15, 0.2) is 5.76 Å². The first-order chi connectivity index (χ1) is 9.79. The molecule has 3 aromatic heterocycles. The average molecular weight is 288 g/mol. The van der Waals surface area contributed by atoms with Gasteiger partial charge in [-0.2, -0.15) is 0 Å². The lowest BCUT2D eigenvalue weighted by Gasteiger charge is -2.06. The first-order valence-corrected chi connectivity index (χ1v) is 6.80. The summed E-state index contributed by atoms with van der Waals surface area (Å²) in [5.74, 6) is 5.78. The monoisotopic (exact) mass is 288 g/mol. The van der Waals surface area contributed by atoms with Gasteiger partial charge in [0.2, 0.25) is 0 Å². The minimum Gasteiger partial charge on any atom is -0.459 e. The lowest BCUT2D eigenvalue weighted by atomic mass is 10.2. The van der Waals surface area contributed by atoms with Crippen molar-refractivity contribution in [3.63, 3.8) is 0 Å². The maximum Gasteiger partial charge on any atom is 0.301 e. The van der Waals surface area contributed by atoms with E-state index < -0.39 is 5.91 Å². The number of rotatable bonds is 4. The molecule has 1 amide bonds. The van der Waals surface area contributed by atoms with Crippen molar-refractivity contribution in [1.29, 1.82) is 0 Å². The Morgan fingerprint density at radius 3 is 3.15 bits per heavy atom. The lowest BCUT2D eigenvalue weighted by molar-refractivity contribution is 0.0924. The Morgan fingerprint density at radius 1 is 1.50 bits per heavy atom. The molecule has 3 aromatic rings. The van der Waals surface area contributed by atoms with Gasteiger partial charge in [-0.05, 0) is 17.5 Å². The third kappa shape index (κ3) is 2.24. The zero-order chi connectivity index (χ0) is 13.9. The van der Waals surface area contributed by atoms with E-state index in [2.05, 4.69) is 10.4 Å². The number of nitrogens with zero attached hydrogens (tertiary/aromatic N) is 2. The van der Waals surface area contributed by atoms with Crippen LogP contribution in [0.5, 0.6) is 0 Å². The number of hydrogen-bond acceptors (Lipinski definition) is 5. The molecule has 0 aliphatic rings. The zero-order valence-electron chi connectivity index (χ0n) is 10.4. The lowest BCUT2D eigenvalue weighted by Crippen LogP contribution is -2.30. The van der Waals surface area contributed by atoms with Crippen molar-refractivity contribution in [2.45, 2.75) is 6.54 Å². The van der Waals surface area contributed by atoms with Gasteiger partial charge in [-0.3, -0.25) is 10.2 Å². The summed E-state index contributed by atoms with van der Waals surface area (Å²) in [7, 11) is 0. The van der Waals surface area contributed by atoms with Gasteiger partial charge >= 0.3 is 5.91 Å². The molecule has 0 bridgehead atoms. The Balaban J connectivity index is 1.92. The zero-order valence-corrected chi connectivity index (χ0v) is 11.3. The first kappa shape index (κ1) is 12.6. The molecule has 7 heteroatoms. The maximum atomic E-state index is 11.6. The van der Waals surface area contributed by atoms with Gasteiger partial charge in [-0.15, -0.1) is 11.3 Å². The number of imidazole rings is 1. The maximum absolute atomic E-state index is 11.6. The molecule has 0 spiro atoms. The van der Waals surface area contributed by atoms with Crippen LogP contribution in [0.3, 0.4) is 0 Å². The van der Waals surface area contributed by atoms with Crippen LogP contribution in [0.1, 0.15) is 16.1 Å². The van der Waals surface area contributed by atoms with Crippen molar-refractivity contribution in [3.05, 3.63) is 53.6 Å². The molecule has 20 heavy (non-hydrogen) atoms. The predicted molar refractivity (Wildman–Crippen MR) is 75.0 cm³/mol. The molecule has 0 aliphatic carbocycles. The van der Waals surface area contributed by atoms with Crippen molar-refractivity contribution < 1.29 is 9.21 Å². The van der Waals surface area contributed by atoms with Crippen molar-refractivity contribution in [1.82, 2.24) is 15.0 Å². The minimum absolute atomic E-state index is 0.221. The van der Waals surface area contributed by atoms with Crippen LogP contribution >= 0.6 is 11.3 Å². The van der Waals surface area contributed by atoms with Crippen LogP contribution in [-0.4, -0.2) is 15.5 Å². The highest BCUT2D eigenvalue weighted by atomic mass is 32.1. The highest BCUT2D eigenvalue weighted by Crippen LogP contribution is 2.24. The van der Waals surface area contributed by atoms with Crippen LogP contribution in [0.4, 0.5) is 0 Å². The molecule has 0 saturated heterocycles. The molecule has 3 heterocycles. The van der Waals surface area contributed by atoms with Crippen LogP contribution in [0.2, 0.25) is 0 Å². The van der Waals surface area contributed by atoms with Crippen LogP contribution in [0, 0.1) is 0 Å². The number of hydrazine groups is 1. The summed E-state index contributed by atoms with van der Waals surface area (Å²) in [6.07, 6.45) is 5.08. The number of nitrogens with one attached hydrogen (secondary N) is 1. The van der Waals surface area contributed by atoms with E-state index in [0.29, 0.717) is 6.54 Å². The Labute approximate surface area is 118 Å². The summed E-state index contributed by atoms with van der Waals surface area (Å²) in [4.78, 5) is 17.0. The number of thiophene rings is 1. The number of hydrogen-bond donors (Lipinski definition) is 2. The molecule has 0 atom stereocenters. The predicted octanol–water partition coefficient (Wildman–Crippen LogP) is 1.86. The summed E-state index contributed by atoms with van der Waals surface area (Å²) in [6, 6.07) is 5.74. The van der Waals surface area contributed by atoms with Gasteiger partial charge in [-0.1, -0.05) is 6.07 Å². The van der Waals surface area contributed by atoms with Gasteiger partial charge in [0.1, 0.15) is 5.82 Å². The minimum atomic E-state index is -0.442. The molecule has 102 valence electrons. The largest absolute Gasteiger partial charge is 0.459 e. The third-order valence-electron chi connectivity index (χ3n) is 2.88. The second-order valence-electron chi connectivity index (χ2n) is 4.10. The van der Waals surface area contributed by atoms with Crippen molar-refractivity contribution in [3.8, 4) is 10.7 Å². The van der Waals surface area contributed by atoms with E-state index in [-0.39, 0.29) is 5.76 Å². The van der Waals surface area contributed by atoms with E-state index in [1.54, 1.807) is 23.6 Å². The Bertz CT molecular complexity index is 714. The second-order valence-corrected chi connectivity index (χ2v) is 5.05. The quantitative estimate of drug-likeness (QED) is 0.436. The number of nitrogen functional groups attached to an aromatic ring is 1. The van der Waals surface area contributed by atoms with Crippen LogP contribution < -0.4 is 11.3 Å². The number of nitrogens with two attached hydrogens (primary N) is 1. The van der Waals surface area contributed by atoms with E-state index in [0.717, 1.165) is 16.3 Å². The molecule has 3 N–H and O–H groups in total. The first-order valence-electron chi connectivity index (χ1n) is 5.92. The number of carbonyl (C=O) groups excluding carboxylic acids is 1. The fraction of sp³-hybridized carbons (Fsp3) is 0.0769. The van der Waals surface area contributed by atoms with Gasteiger partial charge < -0.3 is 8.98 Å². The highest BCUT2D eigenvalue weighted by Gasteiger charge is 2.16. The Hall–Kier alpha value is -2.38. The molecule has 3 rings (SSSR count). The van der Waals surface area contributed by atoms with Crippen LogP contribution in [0.25, 0.3) is 10.7 Å². The second kappa shape index (κ2) is 5.32. The topological polar surface area (TPSA) is 86.1 Å². The standard InChI is InChI=1S/C13H12N4O2S/c14-16-13(18)11-9(3-6-19-11)8-17-5-4-15-12(17)10-2-1-7-20-10/h1-7H,8,14H2,(H,16,18). The van der Waals surface area contributed by atoms with Crippen LogP contribution in [-0.2, 0) is 6.54 Å². The van der Waals surface area contributed by atoms with Crippen molar-refractivity contribution in [2.24, 2.45) is 5.84 Å². The Morgan fingerprint density at radius 2 is 2.40 bits per heavy atom. The van der Waals surface area contributed by atoms with Gasteiger partial charge in [0, 0.05) is 18.0 Å². The summed E-state index contributed by atoms with van der Waals surface area (Å²) in [6.45, 7) is 0.493. The van der Waals surface area contributed by atoms with Gasteiger partial charge in [0.05, 0.1) is 17.7 Å². The van der Waals surface area contributed by atoms with E-state index in [4.69, 9.17) is 10.3 Å². The molecular formula is C13H12N4O2S. The Kier molecular flexibility index (Phi) is 3.36. The fourth-order valence-electron chi connectivity index (χ4n) is 1.98.